The highest BCUT2D eigenvalue weighted by atomic mass is 16.1. The number of aromatic nitrogens is 2. The van der Waals surface area contributed by atoms with E-state index in [0.29, 0.717) is 19.6 Å². The van der Waals surface area contributed by atoms with Gasteiger partial charge in [0, 0.05) is 31.9 Å². The minimum atomic E-state index is 0.0244. The van der Waals surface area contributed by atoms with Crippen LogP contribution in [0.4, 0.5) is 0 Å². The van der Waals surface area contributed by atoms with Crippen LogP contribution in [-0.2, 0) is 18.4 Å². The van der Waals surface area contributed by atoms with Crippen molar-refractivity contribution in [2.45, 2.75) is 13.5 Å². The van der Waals surface area contributed by atoms with Crippen molar-refractivity contribution in [2.24, 2.45) is 7.05 Å². The zero-order valence-electron chi connectivity index (χ0n) is 8.58. The second-order valence-corrected chi connectivity index (χ2v) is 3.08. The molecule has 0 aromatic carbocycles. The zero-order valence-corrected chi connectivity index (χ0v) is 8.58. The van der Waals surface area contributed by atoms with Crippen molar-refractivity contribution in [1.29, 1.82) is 0 Å². The van der Waals surface area contributed by atoms with E-state index < -0.39 is 0 Å². The van der Waals surface area contributed by atoms with E-state index in [2.05, 4.69) is 15.7 Å². The normalized spacial score (nSPS) is 10.1. The number of carbonyl (C=O) groups excluding carboxylic acids is 1. The maximum absolute atomic E-state index is 11.0. The van der Waals surface area contributed by atoms with Crippen LogP contribution in [0.3, 0.4) is 0 Å². The SMILES string of the molecule is CCNC(=O)CNCc1cnn(C)c1. The van der Waals surface area contributed by atoms with Crippen LogP contribution in [0.2, 0.25) is 0 Å². The van der Waals surface area contributed by atoms with E-state index >= 15 is 0 Å². The lowest BCUT2D eigenvalue weighted by molar-refractivity contribution is -0.120. The molecule has 0 spiro atoms. The molecule has 0 fully saturated rings. The molecule has 1 rings (SSSR count). The molecule has 2 N–H and O–H groups in total. The Labute approximate surface area is 83.5 Å². The summed E-state index contributed by atoms with van der Waals surface area (Å²) >= 11 is 0. The fourth-order valence-corrected chi connectivity index (χ4v) is 1.14. The van der Waals surface area contributed by atoms with Crippen molar-refractivity contribution in [2.75, 3.05) is 13.1 Å². The van der Waals surface area contributed by atoms with Crippen molar-refractivity contribution in [3.05, 3.63) is 18.0 Å². The molecule has 0 aliphatic carbocycles. The lowest BCUT2D eigenvalue weighted by Gasteiger charge is -2.02. The molecule has 78 valence electrons. The zero-order chi connectivity index (χ0) is 10.4. The maximum Gasteiger partial charge on any atom is 0.233 e. The number of nitrogens with one attached hydrogen (secondary N) is 2. The first-order chi connectivity index (χ1) is 6.72. The maximum atomic E-state index is 11.0. The van der Waals surface area contributed by atoms with Gasteiger partial charge in [-0.15, -0.1) is 0 Å². The van der Waals surface area contributed by atoms with Gasteiger partial charge < -0.3 is 10.6 Å². The lowest BCUT2D eigenvalue weighted by Crippen LogP contribution is -2.33. The molecule has 5 nitrogen and oxygen atoms in total. The Kier molecular flexibility index (Phi) is 4.12. The summed E-state index contributed by atoms with van der Waals surface area (Å²) in [7, 11) is 1.87. The predicted molar refractivity (Wildman–Crippen MR) is 53.6 cm³/mol. The van der Waals surface area contributed by atoms with Gasteiger partial charge in [0.1, 0.15) is 0 Å². The largest absolute Gasteiger partial charge is 0.355 e. The Hall–Kier alpha value is -1.36. The summed E-state index contributed by atoms with van der Waals surface area (Å²) in [6.45, 7) is 3.60. The Balaban J connectivity index is 2.18. The monoisotopic (exact) mass is 196 g/mol. The molecular formula is C9H16N4O. The highest BCUT2D eigenvalue weighted by Gasteiger charge is 1.99. The van der Waals surface area contributed by atoms with Gasteiger partial charge in [-0.3, -0.25) is 9.48 Å². The van der Waals surface area contributed by atoms with E-state index in [9.17, 15) is 4.79 Å². The number of rotatable bonds is 5. The van der Waals surface area contributed by atoms with Gasteiger partial charge in [0.2, 0.25) is 5.91 Å². The van der Waals surface area contributed by atoms with Gasteiger partial charge in [-0.2, -0.15) is 5.10 Å². The van der Waals surface area contributed by atoms with Crippen LogP contribution < -0.4 is 10.6 Å². The fraction of sp³-hybridized carbons (Fsp3) is 0.556. The third-order valence-electron chi connectivity index (χ3n) is 1.75. The molecular weight excluding hydrogens is 180 g/mol. The summed E-state index contributed by atoms with van der Waals surface area (Å²) in [4.78, 5) is 11.0. The summed E-state index contributed by atoms with van der Waals surface area (Å²) < 4.78 is 1.74. The van der Waals surface area contributed by atoms with Crippen LogP contribution in [0, 0.1) is 0 Å². The minimum absolute atomic E-state index is 0.0244. The Morgan fingerprint density at radius 3 is 3.00 bits per heavy atom. The van der Waals surface area contributed by atoms with Gasteiger partial charge in [0.15, 0.2) is 0 Å². The summed E-state index contributed by atoms with van der Waals surface area (Å²) in [5.41, 5.74) is 1.08. The number of likely N-dealkylation sites (N-methyl/N-ethyl adjacent to an activating group) is 1. The highest BCUT2D eigenvalue weighted by molar-refractivity contribution is 5.77. The Morgan fingerprint density at radius 2 is 2.43 bits per heavy atom. The predicted octanol–water partition coefficient (Wildman–Crippen LogP) is -0.354. The minimum Gasteiger partial charge on any atom is -0.355 e. The van der Waals surface area contributed by atoms with E-state index in [1.54, 1.807) is 10.9 Å². The molecule has 0 radical (unpaired) electrons. The molecule has 1 heterocycles. The Morgan fingerprint density at radius 1 is 1.64 bits per heavy atom. The first-order valence-corrected chi connectivity index (χ1v) is 4.67. The van der Waals surface area contributed by atoms with E-state index in [-0.39, 0.29) is 5.91 Å². The van der Waals surface area contributed by atoms with Crippen molar-refractivity contribution in [3.8, 4) is 0 Å². The molecule has 0 unspecified atom stereocenters. The van der Waals surface area contributed by atoms with Gasteiger partial charge in [0.05, 0.1) is 12.7 Å². The van der Waals surface area contributed by atoms with Crippen molar-refractivity contribution in [3.63, 3.8) is 0 Å². The van der Waals surface area contributed by atoms with Crippen LogP contribution in [0.5, 0.6) is 0 Å². The molecule has 0 bridgehead atoms. The third kappa shape index (κ3) is 3.57. The van der Waals surface area contributed by atoms with E-state index in [1.165, 1.54) is 0 Å². The quantitative estimate of drug-likeness (QED) is 0.676. The van der Waals surface area contributed by atoms with Crippen LogP contribution in [0.25, 0.3) is 0 Å². The molecule has 5 heteroatoms. The smallest absolute Gasteiger partial charge is 0.233 e. The first-order valence-electron chi connectivity index (χ1n) is 4.67. The van der Waals surface area contributed by atoms with Gasteiger partial charge >= 0.3 is 0 Å². The van der Waals surface area contributed by atoms with Crippen LogP contribution in [-0.4, -0.2) is 28.8 Å². The molecule has 0 aliphatic heterocycles. The number of carbonyl (C=O) groups is 1. The summed E-state index contributed by atoms with van der Waals surface area (Å²) in [6.07, 6.45) is 3.70. The van der Waals surface area contributed by atoms with E-state index in [1.807, 2.05) is 20.2 Å². The second-order valence-electron chi connectivity index (χ2n) is 3.08. The van der Waals surface area contributed by atoms with Crippen molar-refractivity contribution < 1.29 is 4.79 Å². The average molecular weight is 196 g/mol. The van der Waals surface area contributed by atoms with Gasteiger partial charge in [-0.05, 0) is 6.92 Å². The van der Waals surface area contributed by atoms with Crippen LogP contribution in [0.15, 0.2) is 12.4 Å². The molecule has 1 aromatic rings. The second kappa shape index (κ2) is 5.39. The molecule has 14 heavy (non-hydrogen) atoms. The summed E-state index contributed by atoms with van der Waals surface area (Å²) in [5, 5.41) is 9.78. The summed E-state index contributed by atoms with van der Waals surface area (Å²) in [5.74, 6) is 0.0244. The van der Waals surface area contributed by atoms with Gasteiger partial charge in [-0.25, -0.2) is 0 Å². The molecule has 0 saturated heterocycles. The standard InChI is InChI=1S/C9H16N4O/c1-3-11-9(14)6-10-4-8-5-12-13(2)7-8/h5,7,10H,3-4,6H2,1-2H3,(H,11,14). The van der Waals surface area contributed by atoms with Gasteiger partial charge in [-0.1, -0.05) is 0 Å². The average Bonchev–Trinajstić information content (AvgIpc) is 2.52. The van der Waals surface area contributed by atoms with E-state index in [0.717, 1.165) is 5.56 Å². The number of hydrogen-bond acceptors (Lipinski definition) is 3. The molecule has 1 aromatic heterocycles. The summed E-state index contributed by atoms with van der Waals surface area (Å²) in [6, 6.07) is 0. The first kappa shape index (κ1) is 10.7. The van der Waals surface area contributed by atoms with Gasteiger partial charge in [0.25, 0.3) is 0 Å². The number of hydrogen-bond donors (Lipinski definition) is 2. The third-order valence-corrected chi connectivity index (χ3v) is 1.75. The van der Waals surface area contributed by atoms with Crippen molar-refractivity contribution in [1.82, 2.24) is 20.4 Å². The molecule has 0 aliphatic rings. The lowest BCUT2D eigenvalue weighted by atomic mass is 10.3. The molecule has 0 saturated carbocycles. The fourth-order valence-electron chi connectivity index (χ4n) is 1.14. The number of aryl methyl sites for hydroxylation is 1. The molecule has 1 amide bonds. The Bertz CT molecular complexity index is 295. The van der Waals surface area contributed by atoms with Crippen LogP contribution >= 0.6 is 0 Å². The number of amides is 1. The van der Waals surface area contributed by atoms with Crippen LogP contribution in [0.1, 0.15) is 12.5 Å². The highest BCUT2D eigenvalue weighted by Crippen LogP contribution is 1.93. The number of nitrogens with zero attached hydrogens (tertiary/aromatic N) is 2. The van der Waals surface area contributed by atoms with E-state index in [4.69, 9.17) is 0 Å². The van der Waals surface area contributed by atoms with Crippen molar-refractivity contribution >= 4 is 5.91 Å². The topological polar surface area (TPSA) is 59.0 Å². The molecule has 0 atom stereocenters.